The molecular formula is C21H29N3O4. The second-order valence-corrected chi connectivity index (χ2v) is 7.57. The molecule has 1 saturated heterocycles. The zero-order valence-electron chi connectivity index (χ0n) is 17.1. The first-order valence-electron chi connectivity index (χ1n) is 9.92. The minimum atomic E-state index is -0.671. The number of rotatable bonds is 6. The molecule has 0 amide bonds. The molecule has 7 nitrogen and oxygen atoms in total. The molecule has 152 valence electrons. The fourth-order valence-corrected chi connectivity index (χ4v) is 4.12. The molecule has 1 unspecified atom stereocenters. The van der Waals surface area contributed by atoms with Crippen molar-refractivity contribution in [3.8, 4) is 0 Å². The quantitative estimate of drug-likeness (QED) is 0.763. The number of ether oxygens (including phenoxy) is 1. The summed E-state index contributed by atoms with van der Waals surface area (Å²) >= 11 is 0. The maximum atomic E-state index is 13.1. The van der Waals surface area contributed by atoms with Gasteiger partial charge in [0.2, 0.25) is 0 Å². The van der Waals surface area contributed by atoms with Gasteiger partial charge in [-0.15, -0.1) is 0 Å². The van der Waals surface area contributed by atoms with Crippen molar-refractivity contribution in [1.29, 1.82) is 0 Å². The van der Waals surface area contributed by atoms with Gasteiger partial charge in [-0.1, -0.05) is 0 Å². The SMILES string of the molecule is CCOC(=O)c1c(C)cc2c(C)nn(CC(O)CN3CCCC3)c(=O)c2c1C. The molecule has 1 aliphatic rings. The van der Waals surface area contributed by atoms with Crippen LogP contribution in [0.4, 0.5) is 0 Å². The predicted molar refractivity (Wildman–Crippen MR) is 108 cm³/mol. The number of aryl methyl sites for hydroxylation is 3. The van der Waals surface area contributed by atoms with Crippen molar-refractivity contribution in [2.75, 3.05) is 26.2 Å². The van der Waals surface area contributed by atoms with Crippen molar-refractivity contribution in [2.45, 2.75) is 53.2 Å². The van der Waals surface area contributed by atoms with Gasteiger partial charge in [0.15, 0.2) is 0 Å². The van der Waals surface area contributed by atoms with E-state index in [1.165, 1.54) is 4.68 Å². The van der Waals surface area contributed by atoms with E-state index in [2.05, 4.69) is 10.00 Å². The first-order valence-corrected chi connectivity index (χ1v) is 9.92. The zero-order chi connectivity index (χ0) is 20.4. The lowest BCUT2D eigenvalue weighted by Gasteiger charge is -2.20. The van der Waals surface area contributed by atoms with E-state index in [-0.39, 0.29) is 18.7 Å². The summed E-state index contributed by atoms with van der Waals surface area (Å²) in [6.45, 7) is 10.1. The Labute approximate surface area is 164 Å². The Morgan fingerprint density at radius 1 is 1.25 bits per heavy atom. The number of benzene rings is 1. The van der Waals surface area contributed by atoms with Gasteiger partial charge in [0.05, 0.1) is 35.9 Å². The maximum Gasteiger partial charge on any atom is 0.338 e. The second-order valence-electron chi connectivity index (χ2n) is 7.57. The monoisotopic (exact) mass is 387 g/mol. The summed E-state index contributed by atoms with van der Waals surface area (Å²) in [5.74, 6) is -0.422. The van der Waals surface area contributed by atoms with Crippen LogP contribution >= 0.6 is 0 Å². The standard InChI is InChI=1S/C21H29N3O4/c1-5-28-21(27)18-13(2)10-17-15(4)22-24(20(26)19(17)14(18)3)12-16(25)11-23-8-6-7-9-23/h10,16,25H,5-9,11-12H2,1-4H3. The topological polar surface area (TPSA) is 84.7 Å². The number of aromatic nitrogens is 2. The molecule has 1 aliphatic heterocycles. The molecular weight excluding hydrogens is 358 g/mol. The molecule has 1 aromatic heterocycles. The van der Waals surface area contributed by atoms with Crippen molar-refractivity contribution in [1.82, 2.24) is 14.7 Å². The Morgan fingerprint density at radius 3 is 2.57 bits per heavy atom. The smallest absolute Gasteiger partial charge is 0.338 e. The van der Waals surface area contributed by atoms with Crippen LogP contribution in [0.2, 0.25) is 0 Å². The Hall–Kier alpha value is -2.25. The minimum absolute atomic E-state index is 0.133. The minimum Gasteiger partial charge on any atom is -0.462 e. The first-order chi connectivity index (χ1) is 13.3. The molecule has 0 saturated carbocycles. The van der Waals surface area contributed by atoms with E-state index in [9.17, 15) is 14.7 Å². The lowest BCUT2D eigenvalue weighted by atomic mass is 9.96. The van der Waals surface area contributed by atoms with Gasteiger partial charge < -0.3 is 14.7 Å². The average Bonchev–Trinajstić information content (AvgIpc) is 3.12. The van der Waals surface area contributed by atoms with Gasteiger partial charge in [-0.2, -0.15) is 5.10 Å². The summed E-state index contributed by atoms with van der Waals surface area (Å²) in [7, 11) is 0. The van der Waals surface area contributed by atoms with Crippen LogP contribution in [0.1, 0.15) is 46.9 Å². The van der Waals surface area contributed by atoms with Gasteiger partial charge in [-0.05, 0) is 70.8 Å². The number of β-amino-alcohol motifs (C(OH)–C–C–N with tert-alkyl or cyclic N) is 1. The molecule has 0 spiro atoms. The van der Waals surface area contributed by atoms with E-state index >= 15 is 0 Å². The molecule has 0 aliphatic carbocycles. The van der Waals surface area contributed by atoms with Crippen molar-refractivity contribution in [2.24, 2.45) is 0 Å². The molecule has 0 bridgehead atoms. The molecule has 28 heavy (non-hydrogen) atoms. The largest absolute Gasteiger partial charge is 0.462 e. The number of esters is 1. The third kappa shape index (κ3) is 3.95. The highest BCUT2D eigenvalue weighted by Gasteiger charge is 2.22. The summed E-state index contributed by atoms with van der Waals surface area (Å²) in [6, 6.07) is 1.82. The molecule has 1 N–H and O–H groups in total. The number of carbonyl (C=O) groups excluding carboxylic acids is 1. The fourth-order valence-electron chi connectivity index (χ4n) is 4.12. The average molecular weight is 387 g/mol. The van der Waals surface area contributed by atoms with Crippen LogP contribution < -0.4 is 5.56 Å². The zero-order valence-corrected chi connectivity index (χ0v) is 17.1. The molecule has 1 aromatic carbocycles. The predicted octanol–water partition coefficient (Wildman–Crippen LogP) is 1.96. The number of aliphatic hydroxyl groups is 1. The second kappa shape index (κ2) is 8.41. The van der Waals surface area contributed by atoms with Crippen molar-refractivity contribution in [3.63, 3.8) is 0 Å². The molecule has 1 fully saturated rings. The first kappa shape index (κ1) is 20.5. The normalized spacial score (nSPS) is 15.9. The lowest BCUT2D eigenvalue weighted by Crippen LogP contribution is -2.37. The van der Waals surface area contributed by atoms with Gasteiger partial charge in [0.25, 0.3) is 5.56 Å². The van der Waals surface area contributed by atoms with Gasteiger partial charge in [0, 0.05) is 11.9 Å². The van der Waals surface area contributed by atoms with Gasteiger partial charge in [-0.25, -0.2) is 9.48 Å². The highest BCUT2D eigenvalue weighted by Crippen LogP contribution is 2.25. The highest BCUT2D eigenvalue weighted by atomic mass is 16.5. The Kier molecular flexibility index (Phi) is 6.15. The summed E-state index contributed by atoms with van der Waals surface area (Å²) in [5, 5.41) is 16.1. The molecule has 3 rings (SSSR count). The molecule has 2 heterocycles. The summed E-state index contributed by atoms with van der Waals surface area (Å²) in [5.41, 5.74) is 2.21. The van der Waals surface area contributed by atoms with E-state index in [0.717, 1.165) is 36.9 Å². The maximum absolute atomic E-state index is 13.1. The van der Waals surface area contributed by atoms with Crippen molar-refractivity contribution < 1.29 is 14.6 Å². The number of nitrogens with zero attached hydrogens (tertiary/aromatic N) is 3. The third-order valence-corrected chi connectivity index (χ3v) is 5.41. The molecule has 0 radical (unpaired) electrons. The van der Waals surface area contributed by atoms with Crippen molar-refractivity contribution >= 4 is 16.7 Å². The van der Waals surface area contributed by atoms with Crippen LogP contribution in [-0.4, -0.2) is 58.1 Å². The van der Waals surface area contributed by atoms with Crippen LogP contribution in [0.25, 0.3) is 10.8 Å². The number of hydrogen-bond donors (Lipinski definition) is 1. The van der Waals surface area contributed by atoms with Crippen LogP contribution in [0.3, 0.4) is 0 Å². The number of fused-ring (bicyclic) bond motifs is 1. The Balaban J connectivity index is 2.02. The third-order valence-electron chi connectivity index (χ3n) is 5.41. The summed E-state index contributed by atoms with van der Waals surface area (Å²) in [4.78, 5) is 27.7. The fraction of sp³-hybridized carbons (Fsp3) is 0.571. The molecule has 2 aromatic rings. The van der Waals surface area contributed by atoms with E-state index in [1.807, 2.05) is 19.9 Å². The summed E-state index contributed by atoms with van der Waals surface area (Å²) in [6.07, 6.45) is 1.63. The molecule has 7 heteroatoms. The van der Waals surface area contributed by atoms with Gasteiger partial charge in [0.1, 0.15) is 0 Å². The van der Waals surface area contributed by atoms with E-state index in [1.54, 1.807) is 13.8 Å². The Morgan fingerprint density at radius 2 is 1.93 bits per heavy atom. The van der Waals surface area contributed by atoms with Crippen molar-refractivity contribution in [3.05, 3.63) is 38.8 Å². The van der Waals surface area contributed by atoms with E-state index < -0.39 is 12.1 Å². The molecule has 1 atom stereocenters. The van der Waals surface area contributed by atoms with Crippen LogP contribution in [0, 0.1) is 20.8 Å². The number of hydrogen-bond acceptors (Lipinski definition) is 6. The summed E-state index contributed by atoms with van der Waals surface area (Å²) < 4.78 is 6.50. The number of likely N-dealkylation sites (tertiary alicyclic amines) is 1. The van der Waals surface area contributed by atoms with Crippen LogP contribution in [0.5, 0.6) is 0 Å². The van der Waals surface area contributed by atoms with Crippen LogP contribution in [0.15, 0.2) is 10.9 Å². The van der Waals surface area contributed by atoms with Crippen LogP contribution in [-0.2, 0) is 11.3 Å². The lowest BCUT2D eigenvalue weighted by molar-refractivity contribution is 0.0525. The van der Waals surface area contributed by atoms with Gasteiger partial charge >= 0.3 is 5.97 Å². The number of aliphatic hydroxyl groups excluding tert-OH is 1. The highest BCUT2D eigenvalue weighted by molar-refractivity contribution is 6.00. The van der Waals surface area contributed by atoms with E-state index in [0.29, 0.717) is 28.8 Å². The number of carbonyl (C=O) groups is 1. The van der Waals surface area contributed by atoms with E-state index in [4.69, 9.17) is 4.74 Å². The Bertz CT molecular complexity index is 945. The van der Waals surface area contributed by atoms with Gasteiger partial charge in [-0.3, -0.25) is 4.79 Å².